The maximum atomic E-state index is 11.2. The number of hydrogen-bond acceptors (Lipinski definition) is 5. The number of carbonyl (C=O) groups excluding carboxylic acids is 1. The predicted octanol–water partition coefficient (Wildman–Crippen LogP) is 4.58. The van der Waals surface area contributed by atoms with Gasteiger partial charge in [0.1, 0.15) is 5.82 Å². The Kier molecular flexibility index (Phi) is 5.11. The molecule has 0 bridgehead atoms. The minimum atomic E-state index is -0.120. The molecule has 0 aliphatic rings. The van der Waals surface area contributed by atoms with Gasteiger partial charge in [-0.15, -0.1) is 0 Å². The molecule has 0 saturated heterocycles. The second-order valence-corrected chi connectivity index (χ2v) is 5.66. The second kappa shape index (κ2) is 7.63. The molecule has 2 aromatic carbocycles. The maximum absolute atomic E-state index is 11.2. The molecule has 3 N–H and O–H groups in total. The highest BCUT2D eigenvalue weighted by atomic mass is 35.5. The Morgan fingerprint density at radius 1 is 1.00 bits per heavy atom. The predicted molar refractivity (Wildman–Crippen MR) is 101 cm³/mol. The molecule has 6 nitrogen and oxygen atoms in total. The van der Waals surface area contributed by atoms with Crippen LogP contribution in [0.4, 0.5) is 28.8 Å². The zero-order valence-electron chi connectivity index (χ0n) is 13.5. The second-order valence-electron chi connectivity index (χ2n) is 5.26. The van der Waals surface area contributed by atoms with E-state index < -0.39 is 0 Å². The third kappa shape index (κ3) is 4.68. The SMILES string of the molecule is CC(=O)Nc1cccc(Nc2ccnc(Nc3ccccc3Cl)n2)c1. The standard InChI is InChI=1S/C18H16ClN5O/c1-12(25)21-13-5-4-6-14(11-13)22-17-9-10-20-18(24-17)23-16-8-3-2-7-15(16)19/h2-11H,1H3,(H,21,25)(H2,20,22,23,24). The van der Waals surface area contributed by atoms with Crippen molar-refractivity contribution in [2.45, 2.75) is 6.92 Å². The van der Waals surface area contributed by atoms with Crippen molar-refractivity contribution < 1.29 is 4.79 Å². The topological polar surface area (TPSA) is 78.9 Å². The molecular formula is C18H16ClN5O. The van der Waals surface area contributed by atoms with Crippen LogP contribution in [-0.4, -0.2) is 15.9 Å². The molecule has 0 fully saturated rings. The molecule has 25 heavy (non-hydrogen) atoms. The van der Waals surface area contributed by atoms with Crippen LogP contribution in [0.5, 0.6) is 0 Å². The van der Waals surface area contributed by atoms with E-state index >= 15 is 0 Å². The van der Waals surface area contributed by atoms with Crippen LogP contribution in [0.1, 0.15) is 6.92 Å². The monoisotopic (exact) mass is 353 g/mol. The first-order valence-electron chi connectivity index (χ1n) is 7.59. The number of carbonyl (C=O) groups is 1. The highest BCUT2D eigenvalue weighted by Crippen LogP contribution is 2.24. The van der Waals surface area contributed by atoms with Crippen molar-refractivity contribution in [2.24, 2.45) is 0 Å². The van der Waals surface area contributed by atoms with Crippen LogP contribution in [0.15, 0.2) is 60.8 Å². The van der Waals surface area contributed by atoms with Crippen LogP contribution in [0.2, 0.25) is 5.02 Å². The van der Waals surface area contributed by atoms with Gasteiger partial charge in [-0.25, -0.2) is 4.98 Å². The van der Waals surface area contributed by atoms with Crippen LogP contribution in [0.3, 0.4) is 0 Å². The fraction of sp³-hybridized carbons (Fsp3) is 0.0556. The molecule has 0 atom stereocenters. The summed E-state index contributed by atoms with van der Waals surface area (Å²) in [4.78, 5) is 19.8. The molecule has 7 heteroatoms. The van der Waals surface area contributed by atoms with Crippen LogP contribution in [0.25, 0.3) is 0 Å². The summed E-state index contributed by atoms with van der Waals surface area (Å²) >= 11 is 6.13. The number of rotatable bonds is 5. The van der Waals surface area contributed by atoms with E-state index in [1.807, 2.05) is 42.5 Å². The van der Waals surface area contributed by atoms with Crippen LogP contribution >= 0.6 is 11.6 Å². The molecule has 0 saturated carbocycles. The van der Waals surface area contributed by atoms with E-state index in [-0.39, 0.29) is 5.91 Å². The minimum absolute atomic E-state index is 0.120. The summed E-state index contributed by atoms with van der Waals surface area (Å²) in [5.74, 6) is 0.922. The van der Waals surface area contributed by atoms with Gasteiger partial charge in [-0.2, -0.15) is 4.98 Å². The van der Waals surface area contributed by atoms with E-state index in [1.54, 1.807) is 18.3 Å². The first kappa shape index (κ1) is 16.7. The Morgan fingerprint density at radius 3 is 2.60 bits per heavy atom. The Labute approximate surface area is 150 Å². The third-order valence-corrected chi connectivity index (χ3v) is 3.56. The normalized spacial score (nSPS) is 10.2. The average Bonchev–Trinajstić information content (AvgIpc) is 2.57. The van der Waals surface area contributed by atoms with Crippen molar-refractivity contribution in [2.75, 3.05) is 16.0 Å². The molecule has 0 radical (unpaired) electrons. The molecule has 1 heterocycles. The number of amides is 1. The molecule has 1 amide bonds. The van der Waals surface area contributed by atoms with Crippen molar-refractivity contribution in [3.63, 3.8) is 0 Å². The molecule has 1 aromatic heterocycles. The van der Waals surface area contributed by atoms with Crippen molar-refractivity contribution in [3.8, 4) is 0 Å². The van der Waals surface area contributed by atoms with Crippen molar-refractivity contribution in [3.05, 3.63) is 65.8 Å². The highest BCUT2D eigenvalue weighted by molar-refractivity contribution is 6.33. The van der Waals surface area contributed by atoms with Gasteiger partial charge in [0.2, 0.25) is 11.9 Å². The summed E-state index contributed by atoms with van der Waals surface area (Å²) < 4.78 is 0. The Morgan fingerprint density at radius 2 is 1.80 bits per heavy atom. The van der Waals surface area contributed by atoms with Gasteiger partial charge in [0.25, 0.3) is 0 Å². The highest BCUT2D eigenvalue weighted by Gasteiger charge is 2.04. The van der Waals surface area contributed by atoms with E-state index in [0.717, 1.165) is 11.4 Å². The van der Waals surface area contributed by atoms with Gasteiger partial charge in [-0.05, 0) is 36.4 Å². The summed E-state index contributed by atoms with van der Waals surface area (Å²) in [5, 5.41) is 9.60. The van der Waals surface area contributed by atoms with Crippen LogP contribution in [-0.2, 0) is 4.79 Å². The number of halogens is 1. The first-order valence-corrected chi connectivity index (χ1v) is 7.97. The Hall–Kier alpha value is -3.12. The number of aromatic nitrogens is 2. The molecule has 0 spiro atoms. The lowest BCUT2D eigenvalue weighted by Crippen LogP contribution is -2.06. The van der Waals surface area contributed by atoms with E-state index in [9.17, 15) is 4.79 Å². The smallest absolute Gasteiger partial charge is 0.229 e. The van der Waals surface area contributed by atoms with Crippen molar-refractivity contribution in [1.29, 1.82) is 0 Å². The summed E-state index contributed by atoms with van der Waals surface area (Å²) in [7, 11) is 0. The van der Waals surface area contributed by atoms with E-state index in [2.05, 4.69) is 25.9 Å². The number of para-hydroxylation sites is 1. The molecule has 0 aliphatic heterocycles. The largest absolute Gasteiger partial charge is 0.340 e. The number of nitrogens with zero attached hydrogens (tertiary/aromatic N) is 2. The van der Waals surface area contributed by atoms with Gasteiger partial charge < -0.3 is 16.0 Å². The summed E-state index contributed by atoms with van der Waals surface area (Å²) in [6, 6.07) is 16.5. The van der Waals surface area contributed by atoms with E-state index in [4.69, 9.17) is 11.6 Å². The lowest BCUT2D eigenvalue weighted by atomic mass is 10.2. The van der Waals surface area contributed by atoms with Crippen molar-refractivity contribution in [1.82, 2.24) is 9.97 Å². The van der Waals surface area contributed by atoms with Crippen LogP contribution in [0, 0.1) is 0 Å². The summed E-state index contributed by atoms with van der Waals surface area (Å²) in [6.45, 7) is 1.47. The number of anilines is 5. The summed E-state index contributed by atoms with van der Waals surface area (Å²) in [5.41, 5.74) is 2.24. The number of hydrogen-bond donors (Lipinski definition) is 3. The fourth-order valence-electron chi connectivity index (χ4n) is 2.20. The molecule has 126 valence electrons. The minimum Gasteiger partial charge on any atom is -0.340 e. The van der Waals surface area contributed by atoms with Crippen molar-refractivity contribution >= 4 is 46.3 Å². The molecule has 3 aromatic rings. The molecule has 0 aliphatic carbocycles. The average molecular weight is 354 g/mol. The van der Waals surface area contributed by atoms with Gasteiger partial charge in [0.05, 0.1) is 10.7 Å². The number of nitrogens with one attached hydrogen (secondary N) is 3. The van der Waals surface area contributed by atoms with Gasteiger partial charge in [0, 0.05) is 24.5 Å². The first-order chi connectivity index (χ1) is 12.1. The maximum Gasteiger partial charge on any atom is 0.229 e. The lowest BCUT2D eigenvalue weighted by molar-refractivity contribution is -0.114. The van der Waals surface area contributed by atoms with E-state index in [1.165, 1.54) is 6.92 Å². The molecule has 0 unspecified atom stereocenters. The zero-order chi connectivity index (χ0) is 17.6. The summed E-state index contributed by atoms with van der Waals surface area (Å²) in [6.07, 6.45) is 1.65. The van der Waals surface area contributed by atoms with E-state index in [0.29, 0.717) is 22.5 Å². The number of benzene rings is 2. The quantitative estimate of drug-likeness (QED) is 0.626. The van der Waals surface area contributed by atoms with Gasteiger partial charge >= 0.3 is 0 Å². The van der Waals surface area contributed by atoms with Crippen LogP contribution < -0.4 is 16.0 Å². The van der Waals surface area contributed by atoms with Gasteiger partial charge in [-0.1, -0.05) is 29.8 Å². The van der Waals surface area contributed by atoms with Gasteiger partial charge in [-0.3, -0.25) is 4.79 Å². The zero-order valence-corrected chi connectivity index (χ0v) is 14.2. The lowest BCUT2D eigenvalue weighted by Gasteiger charge is -2.10. The Bertz CT molecular complexity index is 900. The van der Waals surface area contributed by atoms with Gasteiger partial charge in [0.15, 0.2) is 0 Å². The fourth-order valence-corrected chi connectivity index (χ4v) is 2.38. The Balaban J connectivity index is 1.76. The third-order valence-electron chi connectivity index (χ3n) is 3.23. The molecule has 3 rings (SSSR count). The molecular weight excluding hydrogens is 338 g/mol.